The van der Waals surface area contributed by atoms with E-state index in [4.69, 9.17) is 0 Å². The highest BCUT2D eigenvalue weighted by molar-refractivity contribution is 5.09. The number of pyridine rings is 1. The summed E-state index contributed by atoms with van der Waals surface area (Å²) in [5, 5.41) is 3.91. The lowest BCUT2D eigenvalue weighted by molar-refractivity contribution is 0.0549. The Morgan fingerprint density at radius 1 is 1.33 bits per heavy atom. The van der Waals surface area contributed by atoms with Crippen LogP contribution in [0.15, 0.2) is 24.5 Å². The molecule has 21 heavy (non-hydrogen) atoms. The van der Waals surface area contributed by atoms with Gasteiger partial charge in [0.2, 0.25) is 0 Å². The molecular formula is C18H29N3. The molecule has 0 radical (unpaired) electrons. The maximum Gasteiger partial charge on any atom is 0.0309 e. The van der Waals surface area contributed by atoms with Crippen molar-refractivity contribution >= 4 is 0 Å². The molecule has 1 saturated heterocycles. The maximum atomic E-state index is 4.24. The summed E-state index contributed by atoms with van der Waals surface area (Å²) in [4.78, 5) is 6.98. The molecule has 1 spiro atoms. The van der Waals surface area contributed by atoms with Gasteiger partial charge in [0.15, 0.2) is 0 Å². The Labute approximate surface area is 129 Å². The molecule has 3 heteroatoms. The van der Waals surface area contributed by atoms with Crippen molar-refractivity contribution < 1.29 is 0 Å². The van der Waals surface area contributed by atoms with Crippen molar-refractivity contribution in [1.29, 1.82) is 0 Å². The van der Waals surface area contributed by atoms with Crippen LogP contribution in [0.25, 0.3) is 0 Å². The highest BCUT2D eigenvalue weighted by atomic mass is 15.3. The highest BCUT2D eigenvalue weighted by Crippen LogP contribution is 2.32. The summed E-state index contributed by atoms with van der Waals surface area (Å²) >= 11 is 0. The fourth-order valence-electron chi connectivity index (χ4n) is 4.08. The SMILES string of the molecule is CCC1CNC2(CCCCC2)CN1CCc1cccnc1. The van der Waals surface area contributed by atoms with Crippen molar-refractivity contribution in [2.75, 3.05) is 19.6 Å². The molecule has 1 aromatic heterocycles. The normalized spacial score (nSPS) is 26.0. The van der Waals surface area contributed by atoms with Crippen molar-refractivity contribution in [2.24, 2.45) is 0 Å². The summed E-state index contributed by atoms with van der Waals surface area (Å²) in [5.74, 6) is 0. The van der Waals surface area contributed by atoms with E-state index in [1.807, 2.05) is 18.5 Å². The summed E-state index contributed by atoms with van der Waals surface area (Å²) in [5.41, 5.74) is 1.78. The number of hydrogen-bond donors (Lipinski definition) is 1. The molecule has 2 aliphatic rings. The van der Waals surface area contributed by atoms with Gasteiger partial charge in [0.1, 0.15) is 0 Å². The average Bonchev–Trinajstić information content (AvgIpc) is 2.55. The van der Waals surface area contributed by atoms with Gasteiger partial charge >= 0.3 is 0 Å². The number of nitrogens with one attached hydrogen (secondary N) is 1. The van der Waals surface area contributed by atoms with Crippen LogP contribution in [0.5, 0.6) is 0 Å². The van der Waals surface area contributed by atoms with Crippen LogP contribution in [0, 0.1) is 0 Å². The monoisotopic (exact) mass is 287 g/mol. The van der Waals surface area contributed by atoms with Gasteiger partial charge in [-0.05, 0) is 37.3 Å². The molecule has 1 aliphatic heterocycles. The predicted octanol–water partition coefficient (Wildman–Crippen LogP) is 3.01. The Balaban J connectivity index is 1.62. The summed E-state index contributed by atoms with van der Waals surface area (Å²) in [6.07, 6.45) is 13.2. The van der Waals surface area contributed by atoms with Crippen molar-refractivity contribution in [3.05, 3.63) is 30.1 Å². The van der Waals surface area contributed by atoms with Crippen LogP contribution in [0.4, 0.5) is 0 Å². The number of aromatic nitrogens is 1. The molecule has 1 aliphatic carbocycles. The Bertz CT molecular complexity index is 425. The van der Waals surface area contributed by atoms with Gasteiger partial charge in [-0.2, -0.15) is 0 Å². The van der Waals surface area contributed by atoms with E-state index in [1.165, 1.54) is 63.7 Å². The van der Waals surface area contributed by atoms with Crippen LogP contribution in [-0.2, 0) is 6.42 Å². The molecule has 3 rings (SSSR count). The second-order valence-electron chi connectivity index (χ2n) is 6.87. The first-order valence-corrected chi connectivity index (χ1v) is 8.69. The van der Waals surface area contributed by atoms with Gasteiger partial charge in [-0.3, -0.25) is 9.88 Å². The first-order valence-electron chi connectivity index (χ1n) is 8.69. The largest absolute Gasteiger partial charge is 0.308 e. The molecule has 0 bridgehead atoms. The second-order valence-corrected chi connectivity index (χ2v) is 6.87. The number of nitrogens with zero attached hydrogens (tertiary/aromatic N) is 2. The van der Waals surface area contributed by atoms with Crippen molar-refractivity contribution in [1.82, 2.24) is 15.2 Å². The van der Waals surface area contributed by atoms with E-state index in [0.29, 0.717) is 11.6 Å². The van der Waals surface area contributed by atoms with Gasteiger partial charge in [0, 0.05) is 43.6 Å². The molecule has 1 N–H and O–H groups in total. The van der Waals surface area contributed by atoms with Gasteiger partial charge in [0.05, 0.1) is 0 Å². The number of hydrogen-bond acceptors (Lipinski definition) is 3. The van der Waals surface area contributed by atoms with E-state index in [-0.39, 0.29) is 0 Å². The summed E-state index contributed by atoms with van der Waals surface area (Å²) in [6.45, 7) is 5.91. The smallest absolute Gasteiger partial charge is 0.0309 e. The lowest BCUT2D eigenvalue weighted by Crippen LogP contribution is -2.64. The first kappa shape index (κ1) is 15.0. The maximum absolute atomic E-state index is 4.24. The van der Waals surface area contributed by atoms with Crippen LogP contribution < -0.4 is 5.32 Å². The average molecular weight is 287 g/mol. The molecule has 116 valence electrons. The van der Waals surface area contributed by atoms with Crippen LogP contribution in [0.1, 0.15) is 51.0 Å². The highest BCUT2D eigenvalue weighted by Gasteiger charge is 2.38. The van der Waals surface area contributed by atoms with E-state index >= 15 is 0 Å². The van der Waals surface area contributed by atoms with Crippen LogP contribution in [-0.4, -0.2) is 41.1 Å². The fourth-order valence-corrected chi connectivity index (χ4v) is 4.08. The minimum atomic E-state index is 0.416. The molecule has 2 heterocycles. The number of rotatable bonds is 4. The van der Waals surface area contributed by atoms with Gasteiger partial charge in [-0.1, -0.05) is 32.3 Å². The molecule has 0 amide bonds. The molecule has 0 aromatic carbocycles. The Morgan fingerprint density at radius 2 is 2.19 bits per heavy atom. The summed E-state index contributed by atoms with van der Waals surface area (Å²) in [7, 11) is 0. The van der Waals surface area contributed by atoms with E-state index < -0.39 is 0 Å². The zero-order valence-electron chi connectivity index (χ0n) is 13.4. The molecule has 1 aromatic rings. The third-order valence-electron chi connectivity index (χ3n) is 5.43. The Kier molecular flexibility index (Phi) is 4.91. The summed E-state index contributed by atoms with van der Waals surface area (Å²) < 4.78 is 0. The molecule has 1 saturated carbocycles. The van der Waals surface area contributed by atoms with Gasteiger partial charge in [-0.25, -0.2) is 0 Å². The van der Waals surface area contributed by atoms with E-state index in [1.54, 1.807) is 0 Å². The van der Waals surface area contributed by atoms with Crippen molar-refractivity contribution in [2.45, 2.75) is 63.5 Å². The predicted molar refractivity (Wildman–Crippen MR) is 87.4 cm³/mol. The molecular weight excluding hydrogens is 258 g/mol. The molecule has 1 unspecified atom stereocenters. The minimum Gasteiger partial charge on any atom is -0.308 e. The minimum absolute atomic E-state index is 0.416. The van der Waals surface area contributed by atoms with Crippen LogP contribution >= 0.6 is 0 Å². The topological polar surface area (TPSA) is 28.2 Å². The van der Waals surface area contributed by atoms with E-state index in [0.717, 1.165) is 6.42 Å². The standard InChI is InChI=1S/C18H29N3/c1-2-17-14-20-18(9-4-3-5-10-18)15-21(17)12-8-16-7-6-11-19-13-16/h6-7,11,13,17,20H,2-5,8-10,12,14-15H2,1H3. The third kappa shape index (κ3) is 3.64. The van der Waals surface area contributed by atoms with Crippen LogP contribution in [0.2, 0.25) is 0 Å². The quantitative estimate of drug-likeness (QED) is 0.922. The lowest BCUT2D eigenvalue weighted by Gasteiger charge is -2.49. The molecule has 2 fully saturated rings. The van der Waals surface area contributed by atoms with Crippen molar-refractivity contribution in [3.63, 3.8) is 0 Å². The van der Waals surface area contributed by atoms with Crippen LogP contribution in [0.3, 0.4) is 0 Å². The molecule has 1 atom stereocenters. The Hall–Kier alpha value is -0.930. The van der Waals surface area contributed by atoms with E-state index in [2.05, 4.69) is 28.2 Å². The second kappa shape index (κ2) is 6.89. The zero-order chi connectivity index (χ0) is 14.5. The summed E-state index contributed by atoms with van der Waals surface area (Å²) in [6, 6.07) is 4.95. The zero-order valence-corrected chi connectivity index (χ0v) is 13.4. The lowest BCUT2D eigenvalue weighted by atomic mass is 9.79. The Morgan fingerprint density at radius 3 is 2.90 bits per heavy atom. The van der Waals surface area contributed by atoms with Gasteiger partial charge in [0.25, 0.3) is 0 Å². The first-order chi connectivity index (χ1) is 10.3. The molecule has 3 nitrogen and oxygen atoms in total. The fraction of sp³-hybridized carbons (Fsp3) is 0.722. The van der Waals surface area contributed by atoms with E-state index in [9.17, 15) is 0 Å². The van der Waals surface area contributed by atoms with Crippen molar-refractivity contribution in [3.8, 4) is 0 Å². The van der Waals surface area contributed by atoms with Gasteiger partial charge in [-0.15, -0.1) is 0 Å². The van der Waals surface area contributed by atoms with Gasteiger partial charge < -0.3 is 5.32 Å². The third-order valence-corrected chi connectivity index (χ3v) is 5.43. The number of piperazine rings is 1.